The molecule has 1 unspecified atom stereocenters. The van der Waals surface area contributed by atoms with Gasteiger partial charge in [-0.15, -0.1) is 10.2 Å². The van der Waals surface area contributed by atoms with E-state index in [2.05, 4.69) is 75.6 Å². The minimum absolute atomic E-state index is 0.0394. The molecule has 0 radical (unpaired) electrons. The second-order valence-corrected chi connectivity index (χ2v) is 20.1. The van der Waals surface area contributed by atoms with E-state index in [-0.39, 0.29) is 24.7 Å². The van der Waals surface area contributed by atoms with Crippen LogP contribution in [0.2, 0.25) is 5.02 Å². The van der Waals surface area contributed by atoms with Gasteiger partial charge in [0.2, 0.25) is 5.88 Å². The lowest BCUT2D eigenvalue weighted by Crippen LogP contribution is -2.49. The van der Waals surface area contributed by atoms with Gasteiger partial charge in [-0.2, -0.15) is 14.9 Å². The highest BCUT2D eigenvalue weighted by atomic mass is 35.5. The first-order valence-corrected chi connectivity index (χ1v) is 26.5. The van der Waals surface area contributed by atoms with Crippen molar-refractivity contribution in [1.82, 2.24) is 44.9 Å². The smallest absolute Gasteiger partial charge is 0.272 e. The quantitative estimate of drug-likeness (QED) is 0.0667. The third-order valence-corrected chi connectivity index (χ3v) is 15.2. The van der Waals surface area contributed by atoms with Gasteiger partial charge in [-0.05, 0) is 126 Å². The molecule has 7 heterocycles. The molecule has 0 spiro atoms. The van der Waals surface area contributed by atoms with Crippen LogP contribution in [-0.4, -0.2) is 141 Å². The zero-order valence-corrected chi connectivity index (χ0v) is 42.0. The number of aryl methyl sites for hydroxylation is 1. The number of nitrogens with one attached hydrogen (secondary N) is 2. The number of carbonyl (C=O) groups is 1. The summed E-state index contributed by atoms with van der Waals surface area (Å²) in [7, 11) is 0. The number of ether oxygens (including phenoxy) is 2. The molecule has 1 atom stereocenters. The molecule has 17 nitrogen and oxygen atoms in total. The standard InChI is InChI=1S/C53H70ClN13O4/c1-2-40-36-58-67-49(32-50(60-52(40)67)66-22-4-3-7-43(66)20-29-68)56-34-39-8-17-51(57-35-39)70-30-6-5-21-63-25-27-64(28-26-63)37-38-18-23-65(24-19-38)48-16-15-47(61-62-48)53(69)59-42-10-13-44(14-11-42)71-45-12-9-41(33-55)46(54)31-45/h8-9,12,15-17,31-32,35-36,38,42-44,56,68H,2-7,10-11,13-14,18-30,34,37H2,1H3,(H,59,69)/t42-,43?,44-. The second kappa shape index (κ2) is 24.6. The van der Waals surface area contributed by atoms with Gasteiger partial charge in [-0.1, -0.05) is 24.6 Å². The van der Waals surface area contributed by atoms with E-state index in [1.165, 1.54) is 6.42 Å². The lowest BCUT2D eigenvalue weighted by Gasteiger charge is -2.39. The molecule has 1 aromatic carbocycles. The van der Waals surface area contributed by atoms with Gasteiger partial charge in [0.15, 0.2) is 17.2 Å². The number of amides is 1. The average molecular weight is 989 g/mol. The van der Waals surface area contributed by atoms with E-state index in [9.17, 15) is 9.90 Å². The summed E-state index contributed by atoms with van der Waals surface area (Å²) >= 11 is 6.17. The third-order valence-electron chi connectivity index (χ3n) is 14.9. The van der Waals surface area contributed by atoms with E-state index >= 15 is 0 Å². The number of aliphatic hydroxyl groups excluding tert-OH is 1. The molecule has 1 aliphatic carbocycles. The van der Waals surface area contributed by atoms with Crippen LogP contribution >= 0.6 is 11.6 Å². The number of carbonyl (C=O) groups excluding carboxylic acids is 1. The molecule has 9 rings (SSSR count). The number of fused-ring (bicyclic) bond motifs is 1. The summed E-state index contributed by atoms with van der Waals surface area (Å²) in [6.07, 6.45) is 16.4. The first kappa shape index (κ1) is 50.2. The summed E-state index contributed by atoms with van der Waals surface area (Å²) < 4.78 is 14.1. The predicted octanol–water partition coefficient (Wildman–Crippen LogP) is 7.17. The molecule has 4 fully saturated rings. The number of aromatic nitrogens is 6. The molecule has 4 aromatic heterocycles. The monoisotopic (exact) mass is 988 g/mol. The van der Waals surface area contributed by atoms with Crippen LogP contribution in [0.3, 0.4) is 0 Å². The largest absolute Gasteiger partial charge is 0.490 e. The minimum Gasteiger partial charge on any atom is -0.490 e. The summed E-state index contributed by atoms with van der Waals surface area (Å²) in [6.45, 7) is 13.0. The van der Waals surface area contributed by atoms with Crippen LogP contribution in [0, 0.1) is 17.2 Å². The number of unbranched alkanes of at least 4 members (excludes halogenated alkanes) is 1. The number of nitriles is 1. The lowest BCUT2D eigenvalue weighted by molar-refractivity contribution is 0.0888. The fourth-order valence-corrected chi connectivity index (χ4v) is 10.8. The van der Waals surface area contributed by atoms with Gasteiger partial charge >= 0.3 is 0 Å². The van der Waals surface area contributed by atoms with Gasteiger partial charge in [0.1, 0.15) is 23.5 Å². The molecule has 3 N–H and O–H groups in total. The number of hydrogen-bond donors (Lipinski definition) is 3. The van der Waals surface area contributed by atoms with E-state index in [1.54, 1.807) is 24.3 Å². The van der Waals surface area contributed by atoms with Crippen LogP contribution in [0.15, 0.2) is 60.9 Å². The number of halogens is 1. The average Bonchev–Trinajstić information content (AvgIpc) is 3.83. The number of aliphatic hydroxyl groups is 1. The maximum absolute atomic E-state index is 13.1. The van der Waals surface area contributed by atoms with Crippen molar-refractivity contribution in [1.29, 1.82) is 5.26 Å². The van der Waals surface area contributed by atoms with Crippen LogP contribution in [0.1, 0.15) is 111 Å². The number of nitrogens with zero attached hydrogens (tertiary/aromatic N) is 11. The highest BCUT2D eigenvalue weighted by molar-refractivity contribution is 6.31. The number of anilines is 3. The number of piperazine rings is 1. The molecule has 71 heavy (non-hydrogen) atoms. The highest BCUT2D eigenvalue weighted by Crippen LogP contribution is 2.31. The van der Waals surface area contributed by atoms with Crippen LogP contribution < -0.4 is 29.9 Å². The predicted molar refractivity (Wildman–Crippen MR) is 275 cm³/mol. The number of hydrogen-bond acceptors (Lipinski definition) is 15. The molecular formula is C53H70ClN13O4. The Labute approximate surface area is 422 Å². The lowest BCUT2D eigenvalue weighted by atomic mass is 9.93. The fourth-order valence-electron chi connectivity index (χ4n) is 10.6. The number of pyridine rings is 1. The Kier molecular flexibility index (Phi) is 17.3. The van der Waals surface area contributed by atoms with E-state index in [1.807, 2.05) is 29.0 Å². The Morgan fingerprint density at radius 2 is 1.72 bits per heavy atom. The van der Waals surface area contributed by atoms with Crippen molar-refractivity contribution < 1.29 is 19.4 Å². The SMILES string of the molecule is CCc1cnn2c(NCc3ccc(OCCCCN4CCN(CC5CCN(c6ccc(C(=O)N[C@H]7CC[C@H](Oc8ccc(C#N)c(Cl)c8)CC7)nn6)CC5)CC4)nc3)cc(N3CCCCC3CCO)nc12. The van der Waals surface area contributed by atoms with E-state index in [0.29, 0.717) is 53.0 Å². The Balaban J connectivity index is 0.627. The molecule has 1 amide bonds. The van der Waals surface area contributed by atoms with Crippen molar-refractivity contribution in [3.63, 3.8) is 0 Å². The molecule has 1 saturated carbocycles. The van der Waals surface area contributed by atoms with Crippen LogP contribution in [0.5, 0.6) is 11.6 Å². The number of rotatable bonds is 20. The first-order valence-electron chi connectivity index (χ1n) is 26.1. The Morgan fingerprint density at radius 1 is 0.887 bits per heavy atom. The zero-order chi connectivity index (χ0) is 48.9. The summed E-state index contributed by atoms with van der Waals surface area (Å²) in [6, 6.07) is 17.4. The van der Waals surface area contributed by atoms with Gasteiger partial charge in [0, 0.05) is 108 Å². The maximum Gasteiger partial charge on any atom is 0.272 e. The Bertz CT molecular complexity index is 2530. The summed E-state index contributed by atoms with van der Waals surface area (Å²) in [4.78, 5) is 32.6. The van der Waals surface area contributed by atoms with Gasteiger partial charge in [0.25, 0.3) is 5.91 Å². The Morgan fingerprint density at radius 3 is 2.45 bits per heavy atom. The molecule has 3 saturated heterocycles. The van der Waals surface area contributed by atoms with Crippen molar-refractivity contribution >= 4 is 40.6 Å². The van der Waals surface area contributed by atoms with E-state index in [4.69, 9.17) is 31.3 Å². The van der Waals surface area contributed by atoms with Crippen molar-refractivity contribution in [2.45, 2.75) is 115 Å². The zero-order valence-electron chi connectivity index (χ0n) is 41.2. The van der Waals surface area contributed by atoms with E-state index < -0.39 is 0 Å². The summed E-state index contributed by atoms with van der Waals surface area (Å²) in [5, 5.41) is 39.4. The molecule has 378 valence electrons. The Hall–Kier alpha value is -5.80. The molecular weight excluding hydrogens is 918 g/mol. The molecule has 18 heteroatoms. The van der Waals surface area contributed by atoms with Crippen molar-refractivity contribution in [3.8, 4) is 17.7 Å². The van der Waals surface area contributed by atoms with Gasteiger partial charge in [-0.3, -0.25) is 4.79 Å². The first-order chi connectivity index (χ1) is 34.8. The third kappa shape index (κ3) is 13.2. The van der Waals surface area contributed by atoms with Gasteiger partial charge < -0.3 is 44.8 Å². The maximum atomic E-state index is 13.1. The summed E-state index contributed by atoms with van der Waals surface area (Å²) in [5.41, 5.74) is 3.82. The number of piperidine rings is 2. The van der Waals surface area contributed by atoms with E-state index in [0.717, 1.165) is 170 Å². The van der Waals surface area contributed by atoms with Crippen LogP contribution in [0.25, 0.3) is 5.65 Å². The van der Waals surface area contributed by atoms with Crippen molar-refractivity contribution in [3.05, 3.63) is 88.3 Å². The minimum atomic E-state index is -0.193. The van der Waals surface area contributed by atoms with Crippen molar-refractivity contribution in [2.24, 2.45) is 5.92 Å². The van der Waals surface area contributed by atoms with Gasteiger partial charge in [-0.25, -0.2) is 9.97 Å². The molecule has 3 aliphatic heterocycles. The molecule has 4 aliphatic rings. The van der Waals surface area contributed by atoms with Crippen LogP contribution in [-0.2, 0) is 13.0 Å². The normalized spacial score (nSPS) is 20.5. The van der Waals surface area contributed by atoms with Crippen LogP contribution in [0.4, 0.5) is 17.5 Å². The van der Waals surface area contributed by atoms with Crippen molar-refractivity contribution in [2.75, 3.05) is 87.2 Å². The second-order valence-electron chi connectivity index (χ2n) is 19.7. The summed E-state index contributed by atoms with van der Waals surface area (Å²) in [5.74, 6) is 4.45. The number of benzene rings is 1. The topological polar surface area (TPSA) is 185 Å². The molecule has 5 aromatic rings. The van der Waals surface area contributed by atoms with Gasteiger partial charge in [0.05, 0.1) is 29.5 Å². The highest BCUT2D eigenvalue weighted by Gasteiger charge is 2.28. The fraction of sp³-hybridized carbons (Fsp3) is 0.566. The molecule has 0 bridgehead atoms.